The predicted molar refractivity (Wildman–Crippen MR) is 51.1 cm³/mol. The summed E-state index contributed by atoms with van der Waals surface area (Å²) in [7, 11) is 0. The van der Waals surface area contributed by atoms with Gasteiger partial charge in [-0.15, -0.1) is 0 Å². The van der Waals surface area contributed by atoms with Gasteiger partial charge < -0.3 is 10.8 Å². The van der Waals surface area contributed by atoms with Crippen LogP contribution in [0.4, 0.5) is 0 Å². The molecule has 0 spiro atoms. The Morgan fingerprint density at radius 1 is 1.62 bits per heavy atom. The highest BCUT2D eigenvalue weighted by Gasteiger charge is 2.07. The Morgan fingerprint density at radius 3 is 2.85 bits per heavy atom. The van der Waals surface area contributed by atoms with Crippen molar-refractivity contribution in [3.8, 4) is 0 Å². The van der Waals surface area contributed by atoms with Gasteiger partial charge in [0.15, 0.2) is 0 Å². The lowest BCUT2D eigenvalue weighted by atomic mass is 10.2. The molecule has 74 valence electrons. The van der Waals surface area contributed by atoms with Crippen molar-refractivity contribution in [2.24, 2.45) is 11.7 Å². The molecule has 0 saturated carbocycles. The van der Waals surface area contributed by atoms with Gasteiger partial charge in [-0.3, -0.25) is 4.68 Å². The number of rotatable bonds is 4. The van der Waals surface area contributed by atoms with Crippen molar-refractivity contribution in [2.45, 2.75) is 26.4 Å². The van der Waals surface area contributed by atoms with E-state index < -0.39 is 0 Å². The van der Waals surface area contributed by atoms with Crippen LogP contribution in [0.15, 0.2) is 12.3 Å². The molecule has 4 nitrogen and oxygen atoms in total. The number of aliphatic hydroxyl groups is 1. The summed E-state index contributed by atoms with van der Waals surface area (Å²) in [6, 6.07) is 1.50. The number of aliphatic hydroxyl groups excluding tert-OH is 1. The molecule has 0 aliphatic carbocycles. The summed E-state index contributed by atoms with van der Waals surface area (Å²) in [4.78, 5) is 0. The second-order valence-electron chi connectivity index (χ2n) is 3.65. The Morgan fingerprint density at radius 2 is 2.31 bits per heavy atom. The van der Waals surface area contributed by atoms with Gasteiger partial charge in [-0.05, 0) is 12.0 Å². The number of hydrogen-bond donors (Lipinski definition) is 2. The zero-order valence-corrected chi connectivity index (χ0v) is 8.14. The van der Waals surface area contributed by atoms with Crippen LogP contribution in [0.5, 0.6) is 0 Å². The van der Waals surface area contributed by atoms with Gasteiger partial charge >= 0.3 is 0 Å². The second kappa shape index (κ2) is 4.39. The van der Waals surface area contributed by atoms with Crippen LogP contribution in [0, 0.1) is 5.92 Å². The zero-order chi connectivity index (χ0) is 9.84. The quantitative estimate of drug-likeness (QED) is 0.715. The molecule has 1 aromatic heterocycles. The Labute approximate surface area is 78.4 Å². The van der Waals surface area contributed by atoms with Crippen LogP contribution in [0.2, 0.25) is 0 Å². The molecule has 1 aromatic rings. The minimum Gasteiger partial charge on any atom is -0.394 e. The van der Waals surface area contributed by atoms with Crippen molar-refractivity contribution in [3.05, 3.63) is 18.0 Å². The molecule has 0 aliphatic heterocycles. The lowest BCUT2D eigenvalue weighted by Crippen LogP contribution is -2.16. The van der Waals surface area contributed by atoms with E-state index >= 15 is 0 Å². The zero-order valence-electron chi connectivity index (χ0n) is 8.14. The summed E-state index contributed by atoms with van der Waals surface area (Å²) in [5.41, 5.74) is 6.37. The third-order valence-electron chi connectivity index (χ3n) is 1.79. The maximum atomic E-state index is 8.81. The van der Waals surface area contributed by atoms with E-state index in [9.17, 15) is 0 Å². The summed E-state index contributed by atoms with van der Waals surface area (Å²) >= 11 is 0. The predicted octanol–water partition coefficient (Wildman–Crippen LogP) is 0.531. The largest absolute Gasteiger partial charge is 0.394 e. The summed E-state index contributed by atoms with van der Waals surface area (Å²) in [6.45, 7) is 5.09. The van der Waals surface area contributed by atoms with Crippen LogP contribution in [-0.4, -0.2) is 21.5 Å². The summed E-state index contributed by atoms with van der Waals surface area (Å²) < 4.78 is 1.86. The first kappa shape index (κ1) is 10.2. The van der Waals surface area contributed by atoms with Crippen molar-refractivity contribution in [3.63, 3.8) is 0 Å². The van der Waals surface area contributed by atoms with Crippen LogP contribution < -0.4 is 5.73 Å². The average molecular weight is 183 g/mol. The first-order chi connectivity index (χ1) is 6.13. The van der Waals surface area contributed by atoms with Crippen LogP contribution in [0.25, 0.3) is 0 Å². The van der Waals surface area contributed by atoms with E-state index in [1.54, 1.807) is 0 Å². The average Bonchev–Trinajstić information content (AvgIpc) is 2.50. The molecule has 13 heavy (non-hydrogen) atoms. The van der Waals surface area contributed by atoms with Gasteiger partial charge in [-0.25, -0.2) is 0 Å². The van der Waals surface area contributed by atoms with Crippen LogP contribution in [0.3, 0.4) is 0 Å². The van der Waals surface area contributed by atoms with Crippen LogP contribution in [-0.2, 0) is 6.54 Å². The summed E-state index contributed by atoms with van der Waals surface area (Å²) in [5.74, 6) is 0.568. The Kier molecular flexibility index (Phi) is 3.45. The molecule has 0 aliphatic rings. The maximum Gasteiger partial charge on any atom is 0.0815 e. The number of aromatic nitrogens is 2. The minimum absolute atomic E-state index is 0.0569. The highest BCUT2D eigenvalue weighted by atomic mass is 16.3. The monoisotopic (exact) mass is 183 g/mol. The van der Waals surface area contributed by atoms with Crippen molar-refractivity contribution in [1.82, 2.24) is 9.78 Å². The lowest BCUT2D eigenvalue weighted by molar-refractivity contribution is 0.265. The first-order valence-corrected chi connectivity index (χ1v) is 4.53. The number of nitrogens with zero attached hydrogens (tertiary/aromatic N) is 2. The molecule has 0 saturated heterocycles. The fourth-order valence-corrected chi connectivity index (χ4v) is 1.14. The van der Waals surface area contributed by atoms with Crippen molar-refractivity contribution < 1.29 is 5.11 Å². The molecule has 4 heteroatoms. The van der Waals surface area contributed by atoms with Crippen LogP contribution >= 0.6 is 0 Å². The molecule has 1 heterocycles. The van der Waals surface area contributed by atoms with Gasteiger partial charge in [0, 0.05) is 12.7 Å². The molecular formula is C9H17N3O. The minimum atomic E-state index is -0.353. The Balaban J connectivity index is 2.63. The van der Waals surface area contributed by atoms with Gasteiger partial charge in [-0.2, -0.15) is 5.10 Å². The molecule has 0 unspecified atom stereocenters. The second-order valence-corrected chi connectivity index (χ2v) is 3.65. The molecule has 0 radical (unpaired) electrons. The van der Waals surface area contributed by atoms with E-state index in [0.717, 1.165) is 12.2 Å². The summed E-state index contributed by atoms with van der Waals surface area (Å²) in [5, 5.41) is 13.1. The van der Waals surface area contributed by atoms with E-state index in [4.69, 9.17) is 10.8 Å². The van der Waals surface area contributed by atoms with Gasteiger partial charge in [0.1, 0.15) is 0 Å². The molecule has 0 bridgehead atoms. The fraction of sp³-hybridized carbons (Fsp3) is 0.667. The first-order valence-electron chi connectivity index (χ1n) is 4.53. The van der Waals surface area contributed by atoms with Crippen molar-refractivity contribution >= 4 is 0 Å². The molecule has 0 fully saturated rings. The molecule has 1 rings (SSSR count). The van der Waals surface area contributed by atoms with Crippen LogP contribution in [0.1, 0.15) is 25.6 Å². The third-order valence-corrected chi connectivity index (χ3v) is 1.79. The van der Waals surface area contributed by atoms with E-state index in [2.05, 4.69) is 18.9 Å². The normalized spacial score (nSPS) is 13.6. The maximum absolute atomic E-state index is 8.81. The highest BCUT2D eigenvalue weighted by molar-refractivity contribution is 5.04. The molecule has 1 atom stereocenters. The third kappa shape index (κ3) is 2.82. The topological polar surface area (TPSA) is 64.1 Å². The highest BCUT2D eigenvalue weighted by Crippen LogP contribution is 2.07. The Hall–Kier alpha value is -0.870. The molecule has 3 N–H and O–H groups in total. The lowest BCUT2D eigenvalue weighted by Gasteiger charge is -2.05. The van der Waals surface area contributed by atoms with E-state index in [1.165, 1.54) is 0 Å². The van der Waals surface area contributed by atoms with Crippen molar-refractivity contribution in [1.29, 1.82) is 0 Å². The van der Waals surface area contributed by atoms with E-state index in [1.807, 2.05) is 16.9 Å². The molecule has 0 aromatic carbocycles. The smallest absolute Gasteiger partial charge is 0.0815 e. The van der Waals surface area contributed by atoms with Gasteiger partial charge in [0.05, 0.1) is 18.3 Å². The van der Waals surface area contributed by atoms with Gasteiger partial charge in [0.2, 0.25) is 0 Å². The number of hydrogen-bond acceptors (Lipinski definition) is 3. The van der Waals surface area contributed by atoms with Gasteiger partial charge in [-0.1, -0.05) is 13.8 Å². The standard InChI is InChI=1S/C9H17N3O/c1-7(2)5-12-4-3-9(11-12)8(10)6-13/h3-4,7-8,13H,5-6,10H2,1-2H3/t8-/m0/s1. The number of nitrogens with two attached hydrogens (primary N) is 1. The summed E-state index contributed by atoms with van der Waals surface area (Å²) in [6.07, 6.45) is 1.89. The Bertz CT molecular complexity index is 257. The molecular weight excluding hydrogens is 166 g/mol. The van der Waals surface area contributed by atoms with Crippen molar-refractivity contribution in [2.75, 3.05) is 6.61 Å². The van der Waals surface area contributed by atoms with E-state index in [-0.39, 0.29) is 12.6 Å². The fourth-order valence-electron chi connectivity index (χ4n) is 1.14. The molecule has 0 amide bonds. The van der Waals surface area contributed by atoms with Gasteiger partial charge in [0.25, 0.3) is 0 Å². The SMILES string of the molecule is CC(C)Cn1ccc([C@@H](N)CO)n1. The van der Waals surface area contributed by atoms with E-state index in [0.29, 0.717) is 5.92 Å².